The topological polar surface area (TPSA) is 78.9 Å². The van der Waals surface area contributed by atoms with Crippen LogP contribution in [-0.4, -0.2) is 37.2 Å². The Balaban J connectivity index is 4.47. The summed E-state index contributed by atoms with van der Waals surface area (Å²) in [5.74, 6) is -0.963. The van der Waals surface area contributed by atoms with Gasteiger partial charge in [0, 0.05) is 19.3 Å². The molecule has 0 fully saturated rings. The van der Waals surface area contributed by atoms with Gasteiger partial charge in [-0.2, -0.15) is 0 Å². The summed E-state index contributed by atoms with van der Waals surface area (Å²) in [5, 5.41) is 0. The molecule has 1 unspecified atom stereocenters. The van der Waals surface area contributed by atoms with Crippen LogP contribution in [0.5, 0.6) is 0 Å². The lowest BCUT2D eigenvalue weighted by molar-refractivity contribution is -0.167. The molecule has 0 aliphatic heterocycles. The zero-order valence-electron chi connectivity index (χ0n) is 39.9. The van der Waals surface area contributed by atoms with Gasteiger partial charge in [-0.3, -0.25) is 14.4 Å². The number of hydrogen-bond donors (Lipinski definition) is 0. The van der Waals surface area contributed by atoms with Crippen LogP contribution in [0.1, 0.15) is 239 Å². The quantitative estimate of drug-likeness (QED) is 0.0263. The summed E-state index contributed by atoms with van der Waals surface area (Å²) in [6, 6.07) is 0. The normalized spacial score (nSPS) is 12.6. The van der Waals surface area contributed by atoms with Gasteiger partial charge in [0.2, 0.25) is 0 Å². The molecule has 0 aromatic heterocycles. The molecular weight excluding hydrogens is 757 g/mol. The van der Waals surface area contributed by atoms with Crippen LogP contribution < -0.4 is 0 Å². The largest absolute Gasteiger partial charge is 0.462 e. The van der Waals surface area contributed by atoms with Gasteiger partial charge >= 0.3 is 17.9 Å². The Morgan fingerprint density at radius 3 is 1.11 bits per heavy atom. The number of hydrogen-bond acceptors (Lipinski definition) is 6. The summed E-state index contributed by atoms with van der Waals surface area (Å²) in [6.45, 7) is 6.44. The second-order valence-electron chi connectivity index (χ2n) is 16.7. The minimum Gasteiger partial charge on any atom is -0.462 e. The first-order chi connectivity index (χ1) is 30.0. The zero-order chi connectivity index (χ0) is 44.4. The summed E-state index contributed by atoms with van der Waals surface area (Å²) in [6.07, 6.45) is 61.7. The van der Waals surface area contributed by atoms with Gasteiger partial charge in [0.25, 0.3) is 0 Å². The number of carbonyl (C=O) groups excluding carboxylic acids is 3. The van der Waals surface area contributed by atoms with E-state index < -0.39 is 6.10 Å². The summed E-state index contributed by atoms with van der Waals surface area (Å²) >= 11 is 0. The highest BCUT2D eigenvalue weighted by atomic mass is 16.6. The summed E-state index contributed by atoms with van der Waals surface area (Å²) < 4.78 is 16.7. The summed E-state index contributed by atoms with van der Waals surface area (Å²) in [4.78, 5) is 37.9. The molecule has 6 heteroatoms. The molecule has 0 aliphatic rings. The Labute approximate surface area is 376 Å². The molecule has 0 aromatic carbocycles. The van der Waals surface area contributed by atoms with Gasteiger partial charge in [-0.05, 0) is 83.5 Å². The molecule has 0 heterocycles. The van der Waals surface area contributed by atoms with Gasteiger partial charge in [0.05, 0.1) is 0 Å². The van der Waals surface area contributed by atoms with Crippen molar-refractivity contribution in [2.75, 3.05) is 13.2 Å². The van der Waals surface area contributed by atoms with Crippen molar-refractivity contribution in [1.82, 2.24) is 0 Å². The average Bonchev–Trinajstić information content (AvgIpc) is 3.26. The lowest BCUT2D eigenvalue weighted by Crippen LogP contribution is -2.30. The van der Waals surface area contributed by atoms with Crippen LogP contribution in [0.4, 0.5) is 0 Å². The molecule has 61 heavy (non-hydrogen) atoms. The SMILES string of the molecule is CC/C=C\C/C=C\C/C=C\C/C=C\C/C=C\CCCC(=O)OCC(COC(=O)CCCCCCC/C=C\CCCCC)OC(=O)CCCCCCCCCCCCCCCC. The number of rotatable bonds is 45. The molecule has 0 rings (SSSR count). The van der Waals surface area contributed by atoms with E-state index in [1.165, 1.54) is 109 Å². The van der Waals surface area contributed by atoms with Gasteiger partial charge in [-0.15, -0.1) is 0 Å². The van der Waals surface area contributed by atoms with E-state index in [1.54, 1.807) is 0 Å². The molecule has 0 radical (unpaired) electrons. The molecule has 0 aliphatic carbocycles. The summed E-state index contributed by atoms with van der Waals surface area (Å²) in [7, 11) is 0. The van der Waals surface area contributed by atoms with Crippen LogP contribution >= 0.6 is 0 Å². The van der Waals surface area contributed by atoms with E-state index >= 15 is 0 Å². The van der Waals surface area contributed by atoms with Crippen molar-refractivity contribution in [3.05, 3.63) is 72.9 Å². The van der Waals surface area contributed by atoms with E-state index in [2.05, 4.69) is 93.7 Å². The van der Waals surface area contributed by atoms with E-state index in [9.17, 15) is 14.4 Å². The van der Waals surface area contributed by atoms with Crippen LogP contribution in [0.25, 0.3) is 0 Å². The number of allylic oxidation sites excluding steroid dienone is 12. The van der Waals surface area contributed by atoms with Crippen LogP contribution in [0.15, 0.2) is 72.9 Å². The molecule has 0 amide bonds. The highest BCUT2D eigenvalue weighted by Crippen LogP contribution is 2.15. The van der Waals surface area contributed by atoms with Gasteiger partial charge in [-0.25, -0.2) is 0 Å². The maximum Gasteiger partial charge on any atom is 0.306 e. The van der Waals surface area contributed by atoms with Gasteiger partial charge in [0.1, 0.15) is 13.2 Å². The molecule has 0 spiro atoms. The molecule has 1 atom stereocenters. The Morgan fingerprint density at radius 2 is 0.656 bits per heavy atom. The second-order valence-corrected chi connectivity index (χ2v) is 16.7. The minimum atomic E-state index is -0.798. The predicted octanol–water partition coefficient (Wildman–Crippen LogP) is 16.6. The van der Waals surface area contributed by atoms with Crippen LogP contribution in [0.3, 0.4) is 0 Å². The van der Waals surface area contributed by atoms with Crippen molar-refractivity contribution in [3.8, 4) is 0 Å². The Kier molecular flexibility index (Phi) is 46.9. The first-order valence-electron chi connectivity index (χ1n) is 25.4. The van der Waals surface area contributed by atoms with E-state index in [0.717, 1.165) is 83.5 Å². The molecule has 0 saturated carbocycles. The lowest BCUT2D eigenvalue weighted by atomic mass is 10.0. The van der Waals surface area contributed by atoms with E-state index in [-0.39, 0.29) is 37.5 Å². The van der Waals surface area contributed by atoms with E-state index in [0.29, 0.717) is 19.3 Å². The monoisotopic (exact) mass is 851 g/mol. The highest BCUT2D eigenvalue weighted by molar-refractivity contribution is 5.71. The minimum absolute atomic E-state index is 0.0960. The molecule has 0 N–H and O–H groups in total. The molecule has 0 saturated heterocycles. The highest BCUT2D eigenvalue weighted by Gasteiger charge is 2.19. The zero-order valence-corrected chi connectivity index (χ0v) is 39.9. The molecule has 0 aromatic rings. The van der Waals surface area contributed by atoms with Crippen molar-refractivity contribution in [3.63, 3.8) is 0 Å². The first-order valence-corrected chi connectivity index (χ1v) is 25.4. The van der Waals surface area contributed by atoms with Crippen molar-refractivity contribution in [1.29, 1.82) is 0 Å². The van der Waals surface area contributed by atoms with Gasteiger partial charge in [-0.1, -0.05) is 209 Å². The maximum atomic E-state index is 12.8. The Bertz CT molecular complexity index is 1160. The molecular formula is C55H94O6. The lowest BCUT2D eigenvalue weighted by Gasteiger charge is -2.18. The fourth-order valence-corrected chi connectivity index (χ4v) is 6.88. The van der Waals surface area contributed by atoms with Crippen molar-refractivity contribution >= 4 is 17.9 Å². The average molecular weight is 851 g/mol. The standard InChI is InChI=1S/C55H94O6/c1-4-7-10-13-16-19-22-25-27-28-29-31-33-36-39-42-45-48-54(57)60-51-52(50-59-53(56)47-44-41-38-35-32-24-21-18-15-12-9-6-3)61-55(58)49-46-43-40-37-34-30-26-23-20-17-14-11-8-5-2/h7,10,16,18-19,21,25,27,29,31,36,39,52H,4-6,8-9,11-15,17,20,22-24,26,28,30,32-35,37-38,40-51H2,1-3H3/b10-7-,19-16-,21-18-,27-25-,31-29-,39-36-. The van der Waals surface area contributed by atoms with Gasteiger partial charge in [0.15, 0.2) is 6.10 Å². The molecule has 0 bridgehead atoms. The molecule has 350 valence electrons. The number of carbonyl (C=O) groups is 3. The number of esters is 3. The van der Waals surface area contributed by atoms with E-state index in [1.807, 2.05) is 0 Å². The van der Waals surface area contributed by atoms with Crippen molar-refractivity contribution in [2.24, 2.45) is 0 Å². The van der Waals surface area contributed by atoms with Crippen molar-refractivity contribution in [2.45, 2.75) is 245 Å². The van der Waals surface area contributed by atoms with E-state index in [4.69, 9.17) is 14.2 Å². The number of ether oxygens (including phenoxy) is 3. The Hall–Kier alpha value is -3.15. The summed E-state index contributed by atoms with van der Waals surface area (Å²) in [5.41, 5.74) is 0. The fourth-order valence-electron chi connectivity index (χ4n) is 6.88. The smallest absolute Gasteiger partial charge is 0.306 e. The third kappa shape index (κ3) is 47.7. The van der Waals surface area contributed by atoms with Gasteiger partial charge < -0.3 is 14.2 Å². The maximum absolute atomic E-state index is 12.8. The Morgan fingerprint density at radius 1 is 0.344 bits per heavy atom. The number of unbranched alkanes of at least 4 members (excludes halogenated alkanes) is 22. The third-order valence-corrected chi connectivity index (χ3v) is 10.7. The molecule has 6 nitrogen and oxygen atoms in total. The van der Waals surface area contributed by atoms with Crippen LogP contribution in [0.2, 0.25) is 0 Å². The third-order valence-electron chi connectivity index (χ3n) is 10.7. The predicted molar refractivity (Wildman–Crippen MR) is 261 cm³/mol. The van der Waals surface area contributed by atoms with Crippen LogP contribution in [0, 0.1) is 0 Å². The van der Waals surface area contributed by atoms with Crippen LogP contribution in [-0.2, 0) is 28.6 Å². The van der Waals surface area contributed by atoms with Crippen molar-refractivity contribution < 1.29 is 28.6 Å². The first kappa shape index (κ1) is 57.9. The fraction of sp³-hybridized carbons (Fsp3) is 0.727. The second kappa shape index (κ2) is 49.5.